The van der Waals surface area contributed by atoms with Gasteiger partial charge in [0, 0.05) is 12.8 Å². The molecule has 1 saturated heterocycles. The summed E-state index contributed by atoms with van der Waals surface area (Å²) in [5.41, 5.74) is 0.886. The molecule has 1 heterocycles. The molecule has 2 atom stereocenters. The SMILES string of the molecule is CC1CCNC1C(=O)NCc1ccc(S(C)(=O)=O)cc1. The highest BCUT2D eigenvalue weighted by Crippen LogP contribution is 2.15. The van der Waals surface area contributed by atoms with E-state index in [0.29, 0.717) is 17.4 Å². The highest BCUT2D eigenvalue weighted by atomic mass is 32.2. The third kappa shape index (κ3) is 3.58. The Morgan fingerprint density at radius 3 is 2.50 bits per heavy atom. The van der Waals surface area contributed by atoms with Gasteiger partial charge in [-0.1, -0.05) is 19.1 Å². The van der Waals surface area contributed by atoms with Gasteiger partial charge in [0.25, 0.3) is 0 Å². The van der Waals surface area contributed by atoms with Gasteiger partial charge >= 0.3 is 0 Å². The van der Waals surface area contributed by atoms with Crippen LogP contribution in [0.3, 0.4) is 0 Å². The van der Waals surface area contributed by atoms with E-state index in [1.807, 2.05) is 0 Å². The van der Waals surface area contributed by atoms with E-state index in [-0.39, 0.29) is 11.9 Å². The lowest BCUT2D eigenvalue weighted by atomic mass is 10.0. The molecule has 1 aliphatic heterocycles. The highest BCUT2D eigenvalue weighted by molar-refractivity contribution is 7.90. The molecule has 0 aromatic heterocycles. The summed E-state index contributed by atoms with van der Waals surface area (Å²) < 4.78 is 22.7. The second kappa shape index (κ2) is 5.93. The van der Waals surface area contributed by atoms with Crippen LogP contribution in [0.25, 0.3) is 0 Å². The van der Waals surface area contributed by atoms with Crippen LogP contribution < -0.4 is 10.6 Å². The molecule has 0 spiro atoms. The first-order chi connectivity index (χ1) is 9.38. The van der Waals surface area contributed by atoms with Crippen LogP contribution in [0.15, 0.2) is 29.2 Å². The van der Waals surface area contributed by atoms with Gasteiger partial charge in [0.05, 0.1) is 10.9 Å². The van der Waals surface area contributed by atoms with Crippen LogP contribution in [0, 0.1) is 5.92 Å². The number of amides is 1. The molecule has 110 valence electrons. The molecular weight excluding hydrogens is 276 g/mol. The molecule has 1 aliphatic rings. The first-order valence-electron chi connectivity index (χ1n) is 6.68. The Bertz CT molecular complexity index is 581. The van der Waals surface area contributed by atoms with Crippen molar-refractivity contribution in [2.24, 2.45) is 5.92 Å². The van der Waals surface area contributed by atoms with Crippen molar-refractivity contribution < 1.29 is 13.2 Å². The van der Waals surface area contributed by atoms with Gasteiger partial charge in [-0.25, -0.2) is 8.42 Å². The molecule has 0 aliphatic carbocycles. The first kappa shape index (κ1) is 15.0. The van der Waals surface area contributed by atoms with Crippen LogP contribution in [0.2, 0.25) is 0 Å². The largest absolute Gasteiger partial charge is 0.351 e. The maximum Gasteiger partial charge on any atom is 0.237 e. The smallest absolute Gasteiger partial charge is 0.237 e. The predicted molar refractivity (Wildman–Crippen MR) is 77.0 cm³/mol. The molecule has 1 aromatic carbocycles. The predicted octanol–water partition coefficient (Wildman–Crippen LogP) is 0.704. The van der Waals surface area contributed by atoms with Crippen LogP contribution >= 0.6 is 0 Å². The van der Waals surface area contributed by atoms with E-state index in [4.69, 9.17) is 0 Å². The van der Waals surface area contributed by atoms with Gasteiger partial charge in [-0.05, 0) is 36.6 Å². The standard InChI is InChI=1S/C14H20N2O3S/c1-10-7-8-15-13(10)14(17)16-9-11-3-5-12(6-4-11)20(2,18)19/h3-6,10,13,15H,7-9H2,1-2H3,(H,16,17). The normalized spacial score (nSPS) is 22.7. The Kier molecular flexibility index (Phi) is 4.45. The minimum atomic E-state index is -3.17. The van der Waals surface area contributed by atoms with E-state index in [0.717, 1.165) is 18.5 Å². The van der Waals surface area contributed by atoms with Gasteiger partial charge in [-0.2, -0.15) is 0 Å². The average molecular weight is 296 g/mol. The van der Waals surface area contributed by atoms with Crippen LogP contribution in [0.5, 0.6) is 0 Å². The summed E-state index contributed by atoms with van der Waals surface area (Å²) in [7, 11) is -3.17. The lowest BCUT2D eigenvalue weighted by Crippen LogP contribution is -2.42. The summed E-state index contributed by atoms with van der Waals surface area (Å²) in [4.78, 5) is 12.3. The first-order valence-corrected chi connectivity index (χ1v) is 8.57. The number of rotatable bonds is 4. The molecule has 1 amide bonds. The molecular formula is C14H20N2O3S. The Morgan fingerprint density at radius 1 is 1.35 bits per heavy atom. The fraction of sp³-hybridized carbons (Fsp3) is 0.500. The Labute approximate surface area is 119 Å². The zero-order valence-corrected chi connectivity index (χ0v) is 12.5. The monoisotopic (exact) mass is 296 g/mol. The Hall–Kier alpha value is -1.40. The topological polar surface area (TPSA) is 75.3 Å². The van der Waals surface area contributed by atoms with E-state index < -0.39 is 9.84 Å². The third-order valence-electron chi connectivity index (χ3n) is 3.63. The van der Waals surface area contributed by atoms with Crippen molar-refractivity contribution in [3.63, 3.8) is 0 Å². The Morgan fingerprint density at radius 2 is 2.00 bits per heavy atom. The summed E-state index contributed by atoms with van der Waals surface area (Å²) in [6, 6.07) is 6.45. The maximum atomic E-state index is 12.0. The summed E-state index contributed by atoms with van der Waals surface area (Å²) in [5.74, 6) is 0.352. The zero-order valence-electron chi connectivity index (χ0n) is 11.7. The molecule has 6 heteroatoms. The number of sulfone groups is 1. The molecule has 20 heavy (non-hydrogen) atoms. The molecule has 0 saturated carbocycles. The number of hydrogen-bond donors (Lipinski definition) is 2. The van der Waals surface area contributed by atoms with Crippen molar-refractivity contribution in [1.29, 1.82) is 0 Å². The van der Waals surface area contributed by atoms with Crippen molar-refractivity contribution in [1.82, 2.24) is 10.6 Å². The summed E-state index contributed by atoms with van der Waals surface area (Å²) in [6.45, 7) is 3.35. The minimum absolute atomic E-state index is 0.00203. The molecule has 5 nitrogen and oxygen atoms in total. The number of carbonyl (C=O) groups is 1. The molecule has 2 unspecified atom stereocenters. The van der Waals surface area contributed by atoms with E-state index in [2.05, 4.69) is 17.6 Å². The molecule has 1 aromatic rings. The summed E-state index contributed by atoms with van der Waals surface area (Å²) in [5, 5.41) is 6.06. The van der Waals surface area contributed by atoms with Crippen molar-refractivity contribution >= 4 is 15.7 Å². The molecule has 2 N–H and O–H groups in total. The lowest BCUT2D eigenvalue weighted by molar-refractivity contribution is -0.123. The van der Waals surface area contributed by atoms with Gasteiger partial charge in [0.1, 0.15) is 0 Å². The number of hydrogen-bond acceptors (Lipinski definition) is 4. The van der Waals surface area contributed by atoms with Crippen molar-refractivity contribution in [3.05, 3.63) is 29.8 Å². The fourth-order valence-corrected chi connectivity index (χ4v) is 2.97. The number of nitrogens with one attached hydrogen (secondary N) is 2. The maximum absolute atomic E-state index is 12.0. The molecule has 0 bridgehead atoms. The van der Waals surface area contributed by atoms with Crippen LogP contribution in [-0.4, -0.2) is 33.2 Å². The van der Waals surface area contributed by atoms with Crippen LogP contribution in [0.4, 0.5) is 0 Å². The third-order valence-corrected chi connectivity index (χ3v) is 4.76. The molecule has 1 fully saturated rings. The van der Waals surface area contributed by atoms with Gasteiger partial charge in [0.2, 0.25) is 5.91 Å². The lowest BCUT2D eigenvalue weighted by Gasteiger charge is -2.15. The summed E-state index contributed by atoms with van der Waals surface area (Å²) >= 11 is 0. The second-order valence-corrected chi connectivity index (χ2v) is 7.35. The van der Waals surface area contributed by atoms with Gasteiger partial charge in [-0.15, -0.1) is 0 Å². The van der Waals surface area contributed by atoms with Crippen LogP contribution in [0.1, 0.15) is 18.9 Å². The van der Waals surface area contributed by atoms with E-state index in [1.54, 1.807) is 24.3 Å². The zero-order chi connectivity index (χ0) is 14.8. The number of carbonyl (C=O) groups excluding carboxylic acids is 1. The van der Waals surface area contributed by atoms with Gasteiger partial charge in [0.15, 0.2) is 9.84 Å². The van der Waals surface area contributed by atoms with E-state index >= 15 is 0 Å². The van der Waals surface area contributed by atoms with Crippen molar-refractivity contribution in [2.45, 2.75) is 30.8 Å². The second-order valence-electron chi connectivity index (χ2n) is 5.33. The molecule has 2 rings (SSSR count). The highest BCUT2D eigenvalue weighted by Gasteiger charge is 2.28. The fourth-order valence-electron chi connectivity index (χ4n) is 2.34. The van der Waals surface area contributed by atoms with E-state index in [9.17, 15) is 13.2 Å². The van der Waals surface area contributed by atoms with Gasteiger partial charge in [-0.3, -0.25) is 4.79 Å². The summed E-state index contributed by atoms with van der Waals surface area (Å²) in [6.07, 6.45) is 2.19. The minimum Gasteiger partial charge on any atom is -0.351 e. The average Bonchev–Trinajstić information content (AvgIpc) is 2.82. The van der Waals surface area contributed by atoms with E-state index in [1.165, 1.54) is 6.26 Å². The van der Waals surface area contributed by atoms with Crippen LogP contribution in [-0.2, 0) is 21.2 Å². The number of benzene rings is 1. The molecule has 0 radical (unpaired) electrons. The Balaban J connectivity index is 1.93. The van der Waals surface area contributed by atoms with Gasteiger partial charge < -0.3 is 10.6 Å². The van der Waals surface area contributed by atoms with Crippen molar-refractivity contribution in [2.75, 3.05) is 12.8 Å². The van der Waals surface area contributed by atoms with Crippen molar-refractivity contribution in [3.8, 4) is 0 Å². The quantitative estimate of drug-likeness (QED) is 0.858.